The summed E-state index contributed by atoms with van der Waals surface area (Å²) < 4.78 is 5.16. The van der Waals surface area contributed by atoms with Gasteiger partial charge in [0.05, 0.1) is 5.69 Å². The Morgan fingerprint density at radius 2 is 2.28 bits per heavy atom. The van der Waals surface area contributed by atoms with Crippen LogP contribution in [0.2, 0.25) is 0 Å². The normalized spacial score (nSPS) is 25.5. The average molecular weight is 249 g/mol. The molecule has 0 aromatic carbocycles. The summed E-state index contributed by atoms with van der Waals surface area (Å²) in [6.45, 7) is 5.23. The molecule has 100 valence electrons. The van der Waals surface area contributed by atoms with Crippen LogP contribution in [0, 0.1) is 6.92 Å². The van der Waals surface area contributed by atoms with E-state index in [0.717, 1.165) is 30.6 Å². The molecule has 1 saturated carbocycles. The molecule has 2 heterocycles. The molecule has 0 radical (unpaired) electrons. The Balaban J connectivity index is 1.56. The van der Waals surface area contributed by atoms with Crippen LogP contribution >= 0.6 is 0 Å². The maximum absolute atomic E-state index is 5.16. The Kier molecular flexibility index (Phi) is 3.66. The molecule has 4 nitrogen and oxygen atoms in total. The number of hydrogen-bond acceptors (Lipinski definition) is 4. The number of nitrogens with zero attached hydrogens (tertiary/aromatic N) is 2. The summed E-state index contributed by atoms with van der Waals surface area (Å²) in [5.74, 6) is 0.912. The van der Waals surface area contributed by atoms with Crippen molar-refractivity contribution in [1.82, 2.24) is 15.4 Å². The van der Waals surface area contributed by atoms with Gasteiger partial charge in [-0.3, -0.25) is 4.90 Å². The van der Waals surface area contributed by atoms with E-state index >= 15 is 0 Å². The van der Waals surface area contributed by atoms with Crippen LogP contribution in [0.5, 0.6) is 0 Å². The van der Waals surface area contributed by atoms with Crippen LogP contribution in [0.15, 0.2) is 10.6 Å². The van der Waals surface area contributed by atoms with Gasteiger partial charge in [0, 0.05) is 31.2 Å². The monoisotopic (exact) mass is 249 g/mol. The van der Waals surface area contributed by atoms with Gasteiger partial charge in [0.15, 0.2) is 0 Å². The smallest absolute Gasteiger partial charge is 0.133 e. The van der Waals surface area contributed by atoms with Gasteiger partial charge in [-0.25, -0.2) is 0 Å². The summed E-state index contributed by atoms with van der Waals surface area (Å²) in [7, 11) is 0. The predicted octanol–water partition coefficient (Wildman–Crippen LogP) is 2.09. The minimum absolute atomic E-state index is 0.677. The topological polar surface area (TPSA) is 41.3 Å². The molecule has 0 bridgehead atoms. The van der Waals surface area contributed by atoms with Crippen LogP contribution in [0.3, 0.4) is 0 Å². The number of likely N-dealkylation sites (tertiary alicyclic amines) is 1. The molecule has 1 N–H and O–H groups in total. The summed E-state index contributed by atoms with van der Waals surface area (Å²) in [4.78, 5) is 2.57. The molecule has 18 heavy (non-hydrogen) atoms. The van der Waals surface area contributed by atoms with Crippen molar-refractivity contribution >= 4 is 0 Å². The van der Waals surface area contributed by atoms with Gasteiger partial charge in [-0.2, -0.15) is 0 Å². The highest BCUT2D eigenvalue weighted by Gasteiger charge is 2.26. The largest absolute Gasteiger partial charge is 0.361 e. The zero-order valence-corrected chi connectivity index (χ0v) is 11.2. The number of nitrogens with one attached hydrogen (secondary N) is 1. The minimum atomic E-state index is 0.677. The summed E-state index contributed by atoms with van der Waals surface area (Å²) in [6, 6.07) is 3.54. The molecule has 1 unspecified atom stereocenters. The highest BCUT2D eigenvalue weighted by atomic mass is 16.5. The fourth-order valence-electron chi connectivity index (χ4n) is 2.79. The Morgan fingerprint density at radius 1 is 1.39 bits per heavy atom. The van der Waals surface area contributed by atoms with E-state index in [-0.39, 0.29) is 0 Å². The Bertz CT molecular complexity index is 386. The van der Waals surface area contributed by atoms with E-state index in [9.17, 15) is 0 Å². The van der Waals surface area contributed by atoms with Crippen LogP contribution in [0.25, 0.3) is 0 Å². The number of hydrogen-bond donors (Lipinski definition) is 1. The molecule has 1 saturated heterocycles. The van der Waals surface area contributed by atoms with E-state index < -0.39 is 0 Å². The molecule has 1 aromatic heterocycles. The van der Waals surface area contributed by atoms with Gasteiger partial charge in [0.25, 0.3) is 0 Å². The lowest BCUT2D eigenvalue weighted by Gasteiger charge is -2.35. The van der Waals surface area contributed by atoms with Crippen molar-refractivity contribution < 1.29 is 4.52 Å². The van der Waals surface area contributed by atoms with Crippen LogP contribution in [-0.2, 0) is 6.54 Å². The van der Waals surface area contributed by atoms with E-state index in [1.54, 1.807) is 0 Å². The number of aryl methyl sites for hydroxylation is 1. The van der Waals surface area contributed by atoms with E-state index in [1.807, 2.05) is 6.92 Å². The van der Waals surface area contributed by atoms with Crippen molar-refractivity contribution in [2.75, 3.05) is 13.1 Å². The molecule has 4 heteroatoms. The first-order chi connectivity index (χ1) is 8.81. The SMILES string of the molecule is Cc1cc(CN2CCCCC2CNC2CC2)no1. The van der Waals surface area contributed by atoms with E-state index in [1.165, 1.54) is 38.6 Å². The standard InChI is InChI=1S/C14H23N3O/c1-11-8-13(16-18-11)10-17-7-3-2-4-14(17)9-15-12-5-6-12/h8,12,14-15H,2-7,9-10H2,1H3. The molecule has 0 amide bonds. The lowest BCUT2D eigenvalue weighted by molar-refractivity contribution is 0.134. The van der Waals surface area contributed by atoms with Gasteiger partial charge in [0.1, 0.15) is 5.76 Å². The second-order valence-corrected chi connectivity index (χ2v) is 5.73. The fourth-order valence-corrected chi connectivity index (χ4v) is 2.79. The molecule has 2 fully saturated rings. The summed E-state index contributed by atoms with van der Waals surface area (Å²) in [5.41, 5.74) is 1.07. The molecular weight excluding hydrogens is 226 g/mol. The number of piperidine rings is 1. The van der Waals surface area contributed by atoms with Crippen LogP contribution in [0.4, 0.5) is 0 Å². The number of aromatic nitrogens is 1. The summed E-state index contributed by atoms with van der Waals surface area (Å²) in [5, 5.41) is 7.78. The Morgan fingerprint density at radius 3 is 3.00 bits per heavy atom. The van der Waals surface area contributed by atoms with Gasteiger partial charge in [-0.1, -0.05) is 11.6 Å². The first-order valence-electron chi connectivity index (χ1n) is 7.21. The molecule has 1 aromatic rings. The third kappa shape index (κ3) is 3.12. The van der Waals surface area contributed by atoms with Gasteiger partial charge in [-0.15, -0.1) is 0 Å². The molecule has 1 atom stereocenters. The maximum Gasteiger partial charge on any atom is 0.133 e. The Hall–Kier alpha value is -0.870. The van der Waals surface area contributed by atoms with Crippen molar-refractivity contribution in [3.8, 4) is 0 Å². The van der Waals surface area contributed by atoms with Gasteiger partial charge >= 0.3 is 0 Å². The molecule has 2 aliphatic rings. The molecule has 1 aliphatic carbocycles. The van der Waals surface area contributed by atoms with Gasteiger partial charge in [0.2, 0.25) is 0 Å². The van der Waals surface area contributed by atoms with Crippen molar-refractivity contribution in [3.63, 3.8) is 0 Å². The van der Waals surface area contributed by atoms with Gasteiger partial charge < -0.3 is 9.84 Å². The van der Waals surface area contributed by atoms with Crippen molar-refractivity contribution in [2.45, 2.75) is 57.7 Å². The van der Waals surface area contributed by atoms with E-state index in [0.29, 0.717) is 6.04 Å². The zero-order chi connectivity index (χ0) is 12.4. The van der Waals surface area contributed by atoms with Crippen molar-refractivity contribution in [3.05, 3.63) is 17.5 Å². The lowest BCUT2D eigenvalue weighted by atomic mass is 10.0. The lowest BCUT2D eigenvalue weighted by Crippen LogP contribution is -2.45. The quantitative estimate of drug-likeness (QED) is 0.867. The fraction of sp³-hybridized carbons (Fsp3) is 0.786. The predicted molar refractivity (Wildman–Crippen MR) is 70.3 cm³/mol. The third-order valence-corrected chi connectivity index (χ3v) is 4.01. The van der Waals surface area contributed by atoms with Crippen molar-refractivity contribution in [1.29, 1.82) is 0 Å². The maximum atomic E-state index is 5.16. The summed E-state index contributed by atoms with van der Waals surface area (Å²) >= 11 is 0. The highest BCUT2D eigenvalue weighted by molar-refractivity contribution is 5.04. The minimum Gasteiger partial charge on any atom is -0.361 e. The van der Waals surface area contributed by atoms with Gasteiger partial charge in [-0.05, 0) is 39.2 Å². The number of rotatable bonds is 5. The van der Waals surface area contributed by atoms with Crippen LogP contribution < -0.4 is 5.32 Å². The van der Waals surface area contributed by atoms with E-state index in [2.05, 4.69) is 21.4 Å². The van der Waals surface area contributed by atoms with Crippen LogP contribution in [0.1, 0.15) is 43.6 Å². The first kappa shape index (κ1) is 12.2. The first-order valence-corrected chi connectivity index (χ1v) is 7.21. The average Bonchev–Trinajstić information content (AvgIpc) is 3.12. The Labute approximate surface area is 109 Å². The molecular formula is C14H23N3O. The molecule has 3 rings (SSSR count). The third-order valence-electron chi connectivity index (χ3n) is 4.01. The second-order valence-electron chi connectivity index (χ2n) is 5.73. The second kappa shape index (κ2) is 5.41. The molecule has 0 spiro atoms. The van der Waals surface area contributed by atoms with Crippen LogP contribution in [-0.4, -0.2) is 35.2 Å². The van der Waals surface area contributed by atoms with Crippen molar-refractivity contribution in [2.24, 2.45) is 0 Å². The zero-order valence-electron chi connectivity index (χ0n) is 11.2. The molecule has 1 aliphatic heterocycles. The highest BCUT2D eigenvalue weighted by Crippen LogP contribution is 2.22. The van der Waals surface area contributed by atoms with E-state index in [4.69, 9.17) is 4.52 Å². The summed E-state index contributed by atoms with van der Waals surface area (Å²) in [6.07, 6.45) is 6.74.